The van der Waals surface area contributed by atoms with Crippen molar-refractivity contribution in [2.45, 2.75) is 18.4 Å². The van der Waals surface area contributed by atoms with Gasteiger partial charge in [-0.05, 0) is 12.1 Å². The second kappa shape index (κ2) is 4.19. The third-order valence-electron chi connectivity index (χ3n) is 4.36. The van der Waals surface area contributed by atoms with Crippen LogP contribution in [0.2, 0.25) is 0 Å². The molecule has 3 heterocycles. The fourth-order valence-electron chi connectivity index (χ4n) is 3.45. The number of nitrogens with zero attached hydrogens (tertiary/aromatic N) is 1. The van der Waals surface area contributed by atoms with Gasteiger partial charge in [0.2, 0.25) is 11.8 Å². The van der Waals surface area contributed by atoms with Crippen LogP contribution in [0.4, 0.5) is 18.9 Å². The van der Waals surface area contributed by atoms with Crippen molar-refractivity contribution < 1.29 is 27.5 Å². The van der Waals surface area contributed by atoms with Gasteiger partial charge in [0.25, 0.3) is 0 Å². The predicted molar refractivity (Wildman–Crippen MR) is 68.7 cm³/mol. The van der Waals surface area contributed by atoms with Crippen molar-refractivity contribution in [1.82, 2.24) is 0 Å². The number of ether oxygens (including phenoxy) is 1. The minimum absolute atomic E-state index is 0.404. The van der Waals surface area contributed by atoms with E-state index in [2.05, 4.69) is 0 Å². The average Bonchev–Trinajstić information content (AvgIpc) is 3.12. The van der Waals surface area contributed by atoms with Crippen molar-refractivity contribution in [2.24, 2.45) is 11.8 Å². The Bertz CT molecular complexity index is 682. The monoisotopic (exact) mass is 309 g/mol. The standard InChI is InChI=1S/C15H10F3NO3/c16-15(17,18)7-3-1-2-4-8(7)19-13(20)11-9-5-6-10(22-9)12(11)14(19)21/h1-6,9-12H/t9-,10-,11-,12+/m1/s1. The zero-order valence-electron chi connectivity index (χ0n) is 11.1. The van der Waals surface area contributed by atoms with Gasteiger partial charge in [0.05, 0.1) is 35.3 Å². The van der Waals surface area contributed by atoms with Gasteiger partial charge in [-0.3, -0.25) is 9.59 Å². The first-order valence-corrected chi connectivity index (χ1v) is 6.77. The number of halogens is 3. The minimum Gasteiger partial charge on any atom is -0.365 e. The Labute approximate surface area is 123 Å². The Morgan fingerprint density at radius 3 is 2.05 bits per heavy atom. The number of hydrogen-bond acceptors (Lipinski definition) is 3. The quantitative estimate of drug-likeness (QED) is 0.590. The third-order valence-corrected chi connectivity index (χ3v) is 4.36. The van der Waals surface area contributed by atoms with E-state index >= 15 is 0 Å². The maximum absolute atomic E-state index is 13.1. The van der Waals surface area contributed by atoms with Crippen LogP contribution in [0.3, 0.4) is 0 Å². The van der Waals surface area contributed by atoms with Crippen molar-refractivity contribution in [3.05, 3.63) is 42.0 Å². The number of hydrogen-bond donors (Lipinski definition) is 0. The van der Waals surface area contributed by atoms with Crippen LogP contribution in [-0.4, -0.2) is 24.0 Å². The molecule has 114 valence electrons. The lowest BCUT2D eigenvalue weighted by Gasteiger charge is -2.21. The number of alkyl halides is 3. The zero-order valence-corrected chi connectivity index (χ0v) is 11.1. The van der Waals surface area contributed by atoms with Gasteiger partial charge in [-0.1, -0.05) is 24.3 Å². The molecule has 4 atom stereocenters. The molecule has 1 aromatic rings. The molecule has 3 aliphatic heterocycles. The summed E-state index contributed by atoms with van der Waals surface area (Å²) >= 11 is 0. The maximum atomic E-state index is 13.1. The summed E-state index contributed by atoms with van der Waals surface area (Å²) in [6.45, 7) is 0. The number of anilines is 1. The van der Waals surface area contributed by atoms with Gasteiger partial charge < -0.3 is 4.74 Å². The average molecular weight is 309 g/mol. The molecule has 22 heavy (non-hydrogen) atoms. The molecule has 2 saturated heterocycles. The van der Waals surface area contributed by atoms with Gasteiger partial charge in [0.15, 0.2) is 0 Å². The van der Waals surface area contributed by atoms with Gasteiger partial charge in [-0.15, -0.1) is 0 Å². The maximum Gasteiger partial charge on any atom is 0.418 e. The Morgan fingerprint density at radius 1 is 0.955 bits per heavy atom. The van der Waals surface area contributed by atoms with Gasteiger partial charge in [0, 0.05) is 0 Å². The van der Waals surface area contributed by atoms with Crippen LogP contribution in [0.1, 0.15) is 5.56 Å². The Morgan fingerprint density at radius 2 is 1.50 bits per heavy atom. The van der Waals surface area contributed by atoms with Gasteiger partial charge in [0.1, 0.15) is 0 Å². The molecule has 0 radical (unpaired) electrons. The van der Waals surface area contributed by atoms with E-state index in [0.29, 0.717) is 4.90 Å². The van der Waals surface area contributed by atoms with Crippen molar-refractivity contribution in [3.8, 4) is 0 Å². The van der Waals surface area contributed by atoms with Crippen LogP contribution in [0.5, 0.6) is 0 Å². The number of rotatable bonds is 1. The summed E-state index contributed by atoms with van der Waals surface area (Å²) in [5.74, 6) is -2.68. The number of fused-ring (bicyclic) bond motifs is 5. The lowest BCUT2D eigenvalue weighted by molar-refractivity contribution is -0.137. The Balaban J connectivity index is 1.80. The molecule has 2 bridgehead atoms. The summed E-state index contributed by atoms with van der Waals surface area (Å²) in [7, 11) is 0. The number of benzene rings is 1. The molecule has 0 saturated carbocycles. The van der Waals surface area contributed by atoms with Gasteiger partial charge in [-0.25, -0.2) is 4.90 Å². The topological polar surface area (TPSA) is 46.6 Å². The van der Waals surface area contributed by atoms with E-state index in [9.17, 15) is 22.8 Å². The zero-order chi connectivity index (χ0) is 15.6. The molecule has 0 unspecified atom stereocenters. The summed E-state index contributed by atoms with van der Waals surface area (Å²) in [6, 6.07) is 4.62. The highest BCUT2D eigenvalue weighted by Crippen LogP contribution is 2.48. The highest BCUT2D eigenvalue weighted by Gasteiger charge is 2.61. The minimum atomic E-state index is -4.64. The van der Waals surface area contributed by atoms with E-state index in [-0.39, 0.29) is 0 Å². The second-order valence-corrected chi connectivity index (χ2v) is 5.53. The van der Waals surface area contributed by atoms with Crippen molar-refractivity contribution in [3.63, 3.8) is 0 Å². The number of carbonyl (C=O) groups excluding carboxylic acids is 2. The molecule has 3 aliphatic rings. The molecular formula is C15H10F3NO3. The molecule has 1 aromatic carbocycles. The summed E-state index contributed by atoms with van der Waals surface area (Å²) in [4.78, 5) is 25.7. The molecule has 4 nitrogen and oxygen atoms in total. The predicted octanol–water partition coefficient (Wildman–Crippen LogP) is 2.15. The van der Waals surface area contributed by atoms with E-state index in [4.69, 9.17) is 4.74 Å². The third kappa shape index (κ3) is 1.62. The molecule has 4 rings (SSSR count). The first kappa shape index (κ1) is 13.5. The van der Waals surface area contributed by atoms with E-state index in [1.54, 1.807) is 12.2 Å². The first-order chi connectivity index (χ1) is 10.4. The van der Waals surface area contributed by atoms with E-state index in [1.165, 1.54) is 12.1 Å². The highest BCUT2D eigenvalue weighted by atomic mass is 19.4. The number of imide groups is 1. The number of carbonyl (C=O) groups is 2. The lowest BCUT2D eigenvalue weighted by atomic mass is 9.85. The molecule has 2 fully saturated rings. The molecule has 0 N–H and O–H groups in total. The molecule has 0 aromatic heterocycles. The lowest BCUT2D eigenvalue weighted by Crippen LogP contribution is -2.35. The van der Waals surface area contributed by atoms with Gasteiger partial charge >= 0.3 is 6.18 Å². The fraction of sp³-hybridized carbons (Fsp3) is 0.333. The van der Waals surface area contributed by atoms with E-state index in [0.717, 1.165) is 12.1 Å². The van der Waals surface area contributed by atoms with Crippen LogP contribution < -0.4 is 4.90 Å². The Hall–Kier alpha value is -2.15. The summed E-state index contributed by atoms with van der Waals surface area (Å²) < 4.78 is 44.8. The Kier molecular flexibility index (Phi) is 2.57. The molecule has 0 aliphatic carbocycles. The van der Waals surface area contributed by atoms with Crippen molar-refractivity contribution in [2.75, 3.05) is 4.90 Å². The molecule has 7 heteroatoms. The van der Waals surface area contributed by atoms with Crippen LogP contribution in [-0.2, 0) is 20.5 Å². The highest BCUT2D eigenvalue weighted by molar-refractivity contribution is 6.23. The van der Waals surface area contributed by atoms with Crippen LogP contribution in [0.25, 0.3) is 0 Å². The van der Waals surface area contributed by atoms with E-state index in [1.807, 2.05) is 0 Å². The number of amides is 2. The van der Waals surface area contributed by atoms with Crippen LogP contribution in [0.15, 0.2) is 36.4 Å². The van der Waals surface area contributed by atoms with E-state index < -0.39 is 53.3 Å². The van der Waals surface area contributed by atoms with Crippen molar-refractivity contribution in [1.29, 1.82) is 0 Å². The fourth-order valence-corrected chi connectivity index (χ4v) is 3.45. The first-order valence-electron chi connectivity index (χ1n) is 6.77. The van der Waals surface area contributed by atoms with Crippen LogP contribution >= 0.6 is 0 Å². The largest absolute Gasteiger partial charge is 0.418 e. The summed E-state index contributed by atoms with van der Waals surface area (Å²) in [5, 5.41) is 0. The SMILES string of the molecule is O=C1[C@@H]2[C@H](C(=O)N1c1ccccc1C(F)(F)F)[C@H]1C=C[C@H]2O1. The second-order valence-electron chi connectivity index (χ2n) is 5.53. The van der Waals surface area contributed by atoms with Crippen LogP contribution in [0, 0.1) is 11.8 Å². The molecule has 2 amide bonds. The van der Waals surface area contributed by atoms with Crippen molar-refractivity contribution >= 4 is 17.5 Å². The smallest absolute Gasteiger partial charge is 0.365 e. The van der Waals surface area contributed by atoms with Gasteiger partial charge in [-0.2, -0.15) is 13.2 Å². The molecular weight excluding hydrogens is 299 g/mol. The molecule has 0 spiro atoms. The summed E-state index contributed by atoms with van der Waals surface area (Å²) in [6.07, 6.45) is -2.29. The summed E-state index contributed by atoms with van der Waals surface area (Å²) in [5.41, 5.74) is -1.39. The normalized spacial score (nSPS) is 33.0. The number of para-hydroxylation sites is 1.